The van der Waals surface area contributed by atoms with Crippen molar-refractivity contribution in [1.29, 1.82) is 0 Å². The van der Waals surface area contributed by atoms with Crippen LogP contribution in [0.4, 0.5) is 14.5 Å². The maximum atomic E-state index is 14.2. The monoisotopic (exact) mass is 796 g/mol. The maximum Gasteiger partial charge on any atom is 0.263 e. The SMILES string of the molecule is CCOc1cc(OCC)cc(-n2cc(C(=O)N(CC)c3cc(F)cc(F)c3)c(=O)c3ccc(OCCCCCCC[N+]45CCN(CC4)CC5)cc32)c1.[Br-]. The fraction of sp³-hybridized carbons (Fsp3) is 0.463. The first kappa shape index (κ1) is 40.2. The van der Waals surface area contributed by atoms with Gasteiger partial charge in [0.15, 0.2) is 0 Å². The average molecular weight is 798 g/mol. The lowest BCUT2D eigenvalue weighted by atomic mass is 10.1. The Bertz CT molecular complexity index is 1870. The fourth-order valence-electron chi connectivity index (χ4n) is 7.58. The van der Waals surface area contributed by atoms with Gasteiger partial charge in [0, 0.05) is 73.8 Å². The van der Waals surface area contributed by atoms with Gasteiger partial charge < -0.3 is 45.1 Å². The van der Waals surface area contributed by atoms with E-state index in [0.29, 0.717) is 53.7 Å². The van der Waals surface area contributed by atoms with Crippen molar-refractivity contribution in [3.63, 3.8) is 0 Å². The van der Waals surface area contributed by atoms with Crippen molar-refractivity contribution in [3.8, 4) is 22.9 Å². The minimum atomic E-state index is -0.820. The largest absolute Gasteiger partial charge is 1.00 e. The number of ether oxygens (including phenoxy) is 3. The highest BCUT2D eigenvalue weighted by atomic mass is 79.9. The van der Waals surface area contributed by atoms with E-state index in [9.17, 15) is 18.4 Å². The van der Waals surface area contributed by atoms with E-state index in [2.05, 4.69) is 4.90 Å². The number of unbranched alkanes of at least 4 members (excludes halogenated alkanes) is 4. The van der Waals surface area contributed by atoms with Gasteiger partial charge in [0.1, 0.15) is 34.4 Å². The number of carbonyl (C=O) groups is 1. The summed E-state index contributed by atoms with van der Waals surface area (Å²) in [5, 5.41) is 0.293. The summed E-state index contributed by atoms with van der Waals surface area (Å²) in [4.78, 5) is 31.8. The highest BCUT2D eigenvalue weighted by Gasteiger charge is 2.37. The number of hydrogen-bond acceptors (Lipinski definition) is 6. The van der Waals surface area contributed by atoms with Crippen molar-refractivity contribution >= 4 is 22.5 Å². The zero-order valence-corrected chi connectivity index (χ0v) is 32.6. The van der Waals surface area contributed by atoms with Crippen LogP contribution >= 0.6 is 0 Å². The van der Waals surface area contributed by atoms with Crippen molar-refractivity contribution in [2.24, 2.45) is 0 Å². The number of benzene rings is 3. The Kier molecular flexibility index (Phi) is 13.9. The van der Waals surface area contributed by atoms with E-state index in [-0.39, 0.29) is 34.8 Å². The zero-order valence-electron chi connectivity index (χ0n) is 31.1. The van der Waals surface area contributed by atoms with Gasteiger partial charge >= 0.3 is 0 Å². The van der Waals surface area contributed by atoms with Crippen LogP contribution in [0.5, 0.6) is 17.2 Å². The molecule has 0 spiro atoms. The molecule has 3 aliphatic rings. The Labute approximate surface area is 321 Å². The molecule has 0 atom stereocenters. The highest BCUT2D eigenvalue weighted by molar-refractivity contribution is 6.07. The van der Waals surface area contributed by atoms with Gasteiger partial charge in [0.05, 0.1) is 57.2 Å². The molecular formula is C41H51BrF2N4O5. The predicted octanol–water partition coefficient (Wildman–Crippen LogP) is 4.21. The molecule has 0 aliphatic carbocycles. The van der Waals surface area contributed by atoms with Crippen molar-refractivity contribution in [3.05, 3.63) is 88.2 Å². The minimum absolute atomic E-state index is 0. The topological polar surface area (TPSA) is 73.2 Å². The fourth-order valence-corrected chi connectivity index (χ4v) is 7.58. The molecule has 9 nitrogen and oxygen atoms in total. The average Bonchev–Trinajstić information content (AvgIpc) is 3.13. The van der Waals surface area contributed by atoms with Crippen LogP contribution in [0, 0.1) is 11.6 Å². The number of anilines is 1. The number of amides is 1. The van der Waals surface area contributed by atoms with Crippen LogP contribution in [0.2, 0.25) is 0 Å². The highest BCUT2D eigenvalue weighted by Crippen LogP contribution is 2.30. The number of quaternary nitrogens is 1. The van der Waals surface area contributed by atoms with E-state index >= 15 is 0 Å². The standard InChI is InChI=1S/C41H51F2N4O5.BrH/c1-4-45(32-23-30(42)22-31(43)24-32)41(49)38-29-46(33-25-35(50-5-2)27-36(26-33)51-6-3)39-28-34(12-13-37(39)40(38)48)52-21-11-9-7-8-10-17-47-18-14-44(15-19-47)16-20-47;/h12-13,22-29H,4-11,14-21H2,1-3H3;1H/q+1;/p-1. The summed E-state index contributed by atoms with van der Waals surface area (Å²) < 4.78 is 49.3. The summed E-state index contributed by atoms with van der Waals surface area (Å²) in [6, 6.07) is 13.5. The molecule has 0 unspecified atom stereocenters. The summed E-state index contributed by atoms with van der Waals surface area (Å²) in [6.45, 7) is 15.9. The molecule has 3 aliphatic heterocycles. The third kappa shape index (κ3) is 9.57. The molecular weight excluding hydrogens is 746 g/mol. The summed E-state index contributed by atoms with van der Waals surface area (Å²) in [6.07, 6.45) is 7.18. The van der Waals surface area contributed by atoms with Crippen molar-refractivity contribution in [2.45, 2.75) is 52.9 Å². The van der Waals surface area contributed by atoms with E-state index in [0.717, 1.165) is 31.0 Å². The van der Waals surface area contributed by atoms with Gasteiger partial charge in [-0.2, -0.15) is 0 Å². The van der Waals surface area contributed by atoms with E-state index in [1.54, 1.807) is 29.7 Å². The number of carbonyl (C=O) groups excluding carboxylic acids is 1. The molecule has 3 aromatic carbocycles. The normalized spacial score (nSPS) is 17.7. The minimum Gasteiger partial charge on any atom is -1.00 e. The van der Waals surface area contributed by atoms with Crippen LogP contribution < -0.4 is 41.5 Å². The van der Waals surface area contributed by atoms with Gasteiger partial charge in [-0.3, -0.25) is 14.5 Å². The van der Waals surface area contributed by atoms with Crippen LogP contribution in [-0.4, -0.2) is 92.0 Å². The second-order valence-electron chi connectivity index (χ2n) is 13.8. The lowest BCUT2D eigenvalue weighted by Gasteiger charge is -2.50. The first-order chi connectivity index (χ1) is 25.2. The molecule has 1 amide bonds. The summed E-state index contributed by atoms with van der Waals surface area (Å²) >= 11 is 0. The first-order valence-corrected chi connectivity index (χ1v) is 18.8. The smallest absolute Gasteiger partial charge is 0.263 e. The number of piperazine rings is 3. The number of nitrogens with zero attached hydrogens (tertiary/aromatic N) is 4. The lowest BCUT2D eigenvalue weighted by Crippen LogP contribution is -3.00. The molecule has 0 N–H and O–H groups in total. The Morgan fingerprint density at radius 3 is 2.02 bits per heavy atom. The Morgan fingerprint density at radius 2 is 1.40 bits per heavy atom. The van der Waals surface area contributed by atoms with Crippen molar-refractivity contribution < 1.29 is 49.3 Å². The molecule has 7 rings (SSSR count). The van der Waals surface area contributed by atoms with Gasteiger partial charge in [0.25, 0.3) is 5.91 Å². The number of fused-ring (bicyclic) bond motifs is 4. The van der Waals surface area contributed by atoms with Gasteiger partial charge in [-0.25, -0.2) is 8.78 Å². The Morgan fingerprint density at radius 1 is 0.774 bits per heavy atom. The lowest BCUT2D eigenvalue weighted by molar-refractivity contribution is -0.941. The number of halogens is 3. The second-order valence-corrected chi connectivity index (χ2v) is 13.8. The van der Waals surface area contributed by atoms with Crippen molar-refractivity contribution in [1.82, 2.24) is 9.47 Å². The molecule has 4 aromatic rings. The van der Waals surface area contributed by atoms with Crippen molar-refractivity contribution in [2.75, 3.05) is 77.1 Å². The second kappa shape index (κ2) is 18.4. The molecule has 12 heteroatoms. The molecule has 0 saturated carbocycles. The Balaban J connectivity index is 0.00000541. The quantitative estimate of drug-likeness (QED) is 0.118. The number of rotatable bonds is 17. The molecule has 3 saturated heterocycles. The van der Waals surface area contributed by atoms with E-state index in [4.69, 9.17) is 14.2 Å². The van der Waals surface area contributed by atoms with Crippen LogP contribution in [0.3, 0.4) is 0 Å². The van der Waals surface area contributed by atoms with Gasteiger partial charge in [0.2, 0.25) is 5.43 Å². The first-order valence-electron chi connectivity index (χ1n) is 18.8. The summed E-state index contributed by atoms with van der Waals surface area (Å²) in [5.74, 6) is -0.592. The maximum absolute atomic E-state index is 14.2. The number of pyridine rings is 1. The molecule has 53 heavy (non-hydrogen) atoms. The number of hydrogen-bond donors (Lipinski definition) is 0. The number of aromatic nitrogens is 1. The van der Waals surface area contributed by atoms with E-state index in [1.165, 1.54) is 80.7 Å². The molecule has 3 fully saturated rings. The molecule has 0 radical (unpaired) electrons. The molecule has 2 bridgehead atoms. The molecule has 286 valence electrons. The van der Waals surface area contributed by atoms with Crippen LogP contribution in [0.1, 0.15) is 63.2 Å². The summed E-state index contributed by atoms with van der Waals surface area (Å²) in [7, 11) is 0. The Hall–Kier alpha value is -4.00. The zero-order chi connectivity index (χ0) is 36.7. The van der Waals surface area contributed by atoms with Gasteiger partial charge in [-0.1, -0.05) is 12.8 Å². The summed E-state index contributed by atoms with van der Waals surface area (Å²) in [5.41, 5.74) is 0.495. The molecule has 4 heterocycles. The van der Waals surface area contributed by atoms with E-state index in [1.807, 2.05) is 32.0 Å². The van der Waals surface area contributed by atoms with Crippen LogP contribution in [0.25, 0.3) is 16.6 Å². The predicted molar refractivity (Wildman–Crippen MR) is 200 cm³/mol. The van der Waals surface area contributed by atoms with Crippen LogP contribution in [-0.2, 0) is 0 Å². The van der Waals surface area contributed by atoms with Crippen LogP contribution in [0.15, 0.2) is 65.6 Å². The third-order valence-electron chi connectivity index (χ3n) is 10.4. The molecule has 1 aromatic heterocycles. The van der Waals surface area contributed by atoms with E-state index < -0.39 is 23.0 Å². The third-order valence-corrected chi connectivity index (χ3v) is 10.4. The van der Waals surface area contributed by atoms with Gasteiger partial charge in [-0.15, -0.1) is 0 Å². The van der Waals surface area contributed by atoms with Gasteiger partial charge in [-0.05, 0) is 64.3 Å².